The average molecular weight is 410 g/mol. The van der Waals surface area contributed by atoms with Gasteiger partial charge in [0.15, 0.2) is 0 Å². The first-order valence-corrected chi connectivity index (χ1v) is 12.2. The Morgan fingerprint density at radius 1 is 0.759 bits per heavy atom. The van der Waals surface area contributed by atoms with Gasteiger partial charge < -0.3 is 0 Å². The summed E-state index contributed by atoms with van der Waals surface area (Å²) in [6.45, 7) is 10.00. The van der Waals surface area contributed by atoms with E-state index in [1.54, 1.807) is 0 Å². The zero-order valence-corrected chi connectivity index (χ0v) is 18.8. The van der Waals surface area contributed by atoms with Crippen LogP contribution in [-0.4, -0.2) is 11.0 Å². The van der Waals surface area contributed by atoms with Crippen LogP contribution in [0.3, 0.4) is 0 Å². The molecule has 0 fully saturated rings. The van der Waals surface area contributed by atoms with Crippen LogP contribution >= 0.6 is 7.28 Å². The van der Waals surface area contributed by atoms with Gasteiger partial charge in [0.2, 0.25) is 0 Å². The van der Waals surface area contributed by atoms with E-state index in [1.807, 2.05) is 100 Å². The molecule has 3 nitrogen and oxygen atoms in total. The summed E-state index contributed by atoms with van der Waals surface area (Å²) in [7, 11) is -4.51. The third kappa shape index (κ3) is 3.96. The second-order valence-electron chi connectivity index (χ2n) is 7.67. The molecule has 154 valence electrons. The SMILES string of the molecule is CCC(C)OP(O)(Oc1ccccc1C)(c1ccccc1C)c1ccccc1C. The van der Waals surface area contributed by atoms with Crippen LogP contribution in [0.1, 0.15) is 37.0 Å². The molecule has 0 spiro atoms. The van der Waals surface area contributed by atoms with E-state index in [9.17, 15) is 4.89 Å². The van der Waals surface area contributed by atoms with E-state index in [0.29, 0.717) is 16.4 Å². The topological polar surface area (TPSA) is 38.7 Å². The van der Waals surface area contributed by atoms with E-state index in [-0.39, 0.29) is 6.10 Å². The molecule has 3 aromatic rings. The first-order valence-electron chi connectivity index (χ1n) is 10.1. The number of aryl methyl sites for hydroxylation is 3. The Kier molecular flexibility index (Phi) is 6.14. The predicted octanol–water partition coefficient (Wildman–Crippen LogP) is 5.75. The maximum absolute atomic E-state index is 12.8. The van der Waals surface area contributed by atoms with Crippen molar-refractivity contribution in [1.82, 2.24) is 0 Å². The van der Waals surface area contributed by atoms with Gasteiger partial charge in [-0.3, -0.25) is 0 Å². The summed E-state index contributed by atoms with van der Waals surface area (Å²) in [6, 6.07) is 23.4. The zero-order valence-electron chi connectivity index (χ0n) is 17.9. The number of hydrogen-bond donors (Lipinski definition) is 1. The normalized spacial score (nSPS) is 14.1. The van der Waals surface area contributed by atoms with Crippen molar-refractivity contribution in [2.24, 2.45) is 0 Å². The maximum atomic E-state index is 12.8. The van der Waals surface area contributed by atoms with Crippen molar-refractivity contribution in [3.63, 3.8) is 0 Å². The Balaban J connectivity index is 2.41. The number of benzene rings is 3. The van der Waals surface area contributed by atoms with E-state index in [4.69, 9.17) is 9.05 Å². The fourth-order valence-corrected chi connectivity index (χ4v) is 7.83. The van der Waals surface area contributed by atoms with Crippen LogP contribution in [-0.2, 0) is 4.52 Å². The third-order valence-electron chi connectivity index (χ3n) is 5.39. The molecule has 0 aliphatic heterocycles. The summed E-state index contributed by atoms with van der Waals surface area (Å²) in [5, 5.41) is 1.41. The molecule has 0 aromatic heterocycles. The molecule has 3 aromatic carbocycles. The van der Waals surface area contributed by atoms with Gasteiger partial charge in [-0.05, 0) is 0 Å². The summed E-state index contributed by atoms with van der Waals surface area (Å²) in [4.78, 5) is 12.8. The van der Waals surface area contributed by atoms with Crippen molar-refractivity contribution in [3.8, 4) is 5.75 Å². The molecule has 0 heterocycles. The van der Waals surface area contributed by atoms with Gasteiger partial charge in [-0.1, -0.05) is 0 Å². The third-order valence-corrected chi connectivity index (χ3v) is 9.38. The van der Waals surface area contributed by atoms with Gasteiger partial charge >= 0.3 is 174 Å². The molecule has 29 heavy (non-hydrogen) atoms. The van der Waals surface area contributed by atoms with Gasteiger partial charge in [-0.15, -0.1) is 0 Å². The van der Waals surface area contributed by atoms with Crippen LogP contribution in [0.25, 0.3) is 0 Å². The van der Waals surface area contributed by atoms with E-state index in [2.05, 4.69) is 6.92 Å². The van der Waals surface area contributed by atoms with E-state index < -0.39 is 7.28 Å². The number of para-hydroxylation sites is 1. The first kappa shape index (κ1) is 21.5. The van der Waals surface area contributed by atoms with Crippen LogP contribution in [0.5, 0.6) is 5.75 Å². The Morgan fingerprint density at radius 2 is 1.21 bits per heavy atom. The first-order chi connectivity index (χ1) is 13.8. The Labute approximate surface area is 174 Å². The van der Waals surface area contributed by atoms with Crippen molar-refractivity contribution in [1.29, 1.82) is 0 Å². The summed E-state index contributed by atoms with van der Waals surface area (Å²) in [6.07, 6.45) is 0.564. The van der Waals surface area contributed by atoms with Gasteiger partial charge in [0.05, 0.1) is 0 Å². The van der Waals surface area contributed by atoms with Gasteiger partial charge in [0.1, 0.15) is 0 Å². The molecule has 1 unspecified atom stereocenters. The molecule has 0 bridgehead atoms. The Bertz CT molecular complexity index is 953. The minimum atomic E-state index is -4.51. The quantitative estimate of drug-likeness (QED) is 0.504. The van der Waals surface area contributed by atoms with E-state index >= 15 is 0 Å². The fraction of sp³-hybridized carbons (Fsp3) is 0.280. The molecular formula is C25H31O3P. The second kappa shape index (κ2) is 8.28. The summed E-state index contributed by atoms with van der Waals surface area (Å²) >= 11 is 0. The van der Waals surface area contributed by atoms with Gasteiger partial charge in [0, 0.05) is 0 Å². The van der Waals surface area contributed by atoms with Gasteiger partial charge in [0.25, 0.3) is 0 Å². The Morgan fingerprint density at radius 3 is 1.66 bits per heavy atom. The summed E-state index contributed by atoms with van der Waals surface area (Å²) < 4.78 is 13.3. The van der Waals surface area contributed by atoms with Crippen molar-refractivity contribution < 1.29 is 13.9 Å². The van der Waals surface area contributed by atoms with E-state index in [0.717, 1.165) is 23.1 Å². The van der Waals surface area contributed by atoms with Crippen LogP contribution in [0, 0.1) is 20.8 Å². The van der Waals surface area contributed by atoms with E-state index in [1.165, 1.54) is 0 Å². The van der Waals surface area contributed by atoms with Crippen LogP contribution in [0.15, 0.2) is 72.8 Å². The van der Waals surface area contributed by atoms with Gasteiger partial charge in [-0.2, -0.15) is 0 Å². The average Bonchev–Trinajstić information content (AvgIpc) is 2.70. The molecule has 1 N–H and O–H groups in total. The molecule has 0 amide bonds. The number of hydrogen-bond acceptors (Lipinski definition) is 3. The molecule has 1 atom stereocenters. The van der Waals surface area contributed by atoms with Crippen LogP contribution in [0.2, 0.25) is 0 Å². The van der Waals surface area contributed by atoms with Gasteiger partial charge in [-0.25, -0.2) is 0 Å². The molecule has 3 rings (SSSR count). The predicted molar refractivity (Wildman–Crippen MR) is 123 cm³/mol. The van der Waals surface area contributed by atoms with Crippen molar-refractivity contribution in [3.05, 3.63) is 89.5 Å². The minimum absolute atomic E-state index is 0.194. The molecule has 0 radical (unpaired) electrons. The monoisotopic (exact) mass is 410 g/mol. The zero-order chi connectivity index (χ0) is 21.1. The van der Waals surface area contributed by atoms with Crippen LogP contribution in [0.4, 0.5) is 0 Å². The van der Waals surface area contributed by atoms with Crippen molar-refractivity contribution in [2.75, 3.05) is 0 Å². The molecule has 0 aliphatic carbocycles. The second-order valence-corrected chi connectivity index (χ2v) is 10.9. The van der Waals surface area contributed by atoms with Crippen molar-refractivity contribution in [2.45, 2.75) is 47.1 Å². The fourth-order valence-electron chi connectivity index (χ4n) is 3.62. The summed E-state index contributed by atoms with van der Waals surface area (Å²) in [5.41, 5.74) is 2.83. The molecule has 0 saturated carbocycles. The Hall–Kier alpha value is -2.19. The number of rotatable bonds is 7. The molecular weight excluding hydrogens is 379 g/mol. The molecule has 4 heteroatoms. The molecule has 0 aliphatic rings. The standard InChI is InChI=1S/C25H31O3P/c1-6-22(5)27-29(26,24-17-11-8-14-20(24)3,25-18-12-9-15-21(25)4)28-23-16-10-7-13-19(23)2/h7-18,22,26H,6H2,1-5H3. The van der Waals surface area contributed by atoms with Crippen LogP contribution < -0.4 is 15.1 Å². The molecule has 0 saturated heterocycles. The van der Waals surface area contributed by atoms with Crippen molar-refractivity contribution >= 4 is 17.9 Å². The summed E-state index contributed by atoms with van der Waals surface area (Å²) in [5.74, 6) is 0.627.